The van der Waals surface area contributed by atoms with Crippen LogP contribution in [0.25, 0.3) is 16.8 Å². The minimum atomic E-state index is -0.269. The van der Waals surface area contributed by atoms with Gasteiger partial charge in [-0.2, -0.15) is 0 Å². The van der Waals surface area contributed by atoms with E-state index < -0.39 is 0 Å². The molecule has 0 unspecified atom stereocenters. The number of aryl methyl sites for hydroxylation is 1. The fourth-order valence-corrected chi connectivity index (χ4v) is 5.68. The molecule has 1 aliphatic carbocycles. The minimum absolute atomic E-state index is 0.0489. The van der Waals surface area contributed by atoms with Crippen LogP contribution in [0.1, 0.15) is 31.4 Å². The number of aliphatic hydroxyl groups excluding tert-OH is 1. The summed E-state index contributed by atoms with van der Waals surface area (Å²) in [6.07, 6.45) is 6.90. The number of hydrogen-bond acceptors (Lipinski definition) is 5. The highest BCUT2D eigenvalue weighted by molar-refractivity contribution is 6.43. The Bertz CT molecular complexity index is 1110. The van der Waals surface area contributed by atoms with Crippen molar-refractivity contribution in [3.8, 4) is 11.1 Å². The third-order valence-corrected chi connectivity index (χ3v) is 7.75. The largest absolute Gasteiger partial charge is 0.393 e. The first-order valence-corrected chi connectivity index (χ1v) is 11.1. The Hall–Kier alpha value is -1.86. The van der Waals surface area contributed by atoms with Gasteiger partial charge in [-0.25, -0.2) is 9.97 Å². The van der Waals surface area contributed by atoms with Gasteiger partial charge < -0.3 is 15.7 Å². The average Bonchev–Trinajstić information content (AvgIpc) is 3.29. The fraction of sp³-hybridized carbons (Fsp3) is 0.455. The van der Waals surface area contributed by atoms with Crippen molar-refractivity contribution in [2.75, 3.05) is 18.0 Å². The molecule has 0 amide bonds. The van der Waals surface area contributed by atoms with E-state index in [1.54, 1.807) is 12.3 Å². The molecule has 8 heteroatoms. The average molecular weight is 446 g/mol. The fourth-order valence-electron chi connectivity index (χ4n) is 5.28. The maximum Gasteiger partial charge on any atom is 0.211 e. The van der Waals surface area contributed by atoms with Gasteiger partial charge in [-0.15, -0.1) is 0 Å². The molecular weight excluding hydrogens is 421 g/mol. The molecule has 1 saturated heterocycles. The number of nitrogens with two attached hydrogens (primary N) is 1. The molecule has 30 heavy (non-hydrogen) atoms. The maximum absolute atomic E-state index is 10.1. The smallest absolute Gasteiger partial charge is 0.211 e. The van der Waals surface area contributed by atoms with E-state index in [2.05, 4.69) is 9.88 Å². The lowest BCUT2D eigenvalue weighted by molar-refractivity contribution is 0.141. The number of aliphatic hydroxyl groups is 1. The van der Waals surface area contributed by atoms with Gasteiger partial charge in [-0.3, -0.25) is 4.40 Å². The van der Waals surface area contributed by atoms with E-state index in [1.807, 2.05) is 29.7 Å². The Balaban J connectivity index is 1.52. The molecule has 1 aliphatic heterocycles. The van der Waals surface area contributed by atoms with E-state index in [9.17, 15) is 5.11 Å². The van der Waals surface area contributed by atoms with Crippen LogP contribution in [0.5, 0.6) is 0 Å². The molecule has 3 N–H and O–H groups in total. The summed E-state index contributed by atoms with van der Waals surface area (Å²) in [5.74, 6) is 0.879. The number of hydrogen-bond donors (Lipinski definition) is 2. The number of piperidine rings is 1. The summed E-state index contributed by atoms with van der Waals surface area (Å²) in [5, 5.41) is 11.1. The summed E-state index contributed by atoms with van der Waals surface area (Å²) in [7, 11) is 0. The van der Waals surface area contributed by atoms with Crippen molar-refractivity contribution in [3.63, 3.8) is 0 Å². The second kappa shape index (κ2) is 7.38. The first kappa shape index (κ1) is 20.1. The summed E-state index contributed by atoms with van der Waals surface area (Å²) in [4.78, 5) is 11.9. The first-order chi connectivity index (χ1) is 14.4. The van der Waals surface area contributed by atoms with Crippen molar-refractivity contribution >= 4 is 34.8 Å². The van der Waals surface area contributed by atoms with Crippen LogP contribution in [0.2, 0.25) is 10.0 Å². The Kier molecular flexibility index (Phi) is 4.93. The minimum Gasteiger partial charge on any atom is -0.393 e. The first-order valence-electron chi connectivity index (χ1n) is 10.4. The summed E-state index contributed by atoms with van der Waals surface area (Å²) < 4.78 is 2.03. The van der Waals surface area contributed by atoms with Crippen LogP contribution in [0.15, 0.2) is 30.6 Å². The zero-order chi connectivity index (χ0) is 21.0. The van der Waals surface area contributed by atoms with Crippen molar-refractivity contribution in [3.05, 3.63) is 46.3 Å². The van der Waals surface area contributed by atoms with Crippen molar-refractivity contribution in [2.24, 2.45) is 11.1 Å². The number of halogens is 2. The monoisotopic (exact) mass is 445 g/mol. The predicted octanol–water partition coefficient (Wildman–Crippen LogP) is 4.08. The number of aromatic nitrogens is 3. The van der Waals surface area contributed by atoms with Gasteiger partial charge in [0.1, 0.15) is 5.65 Å². The summed E-state index contributed by atoms with van der Waals surface area (Å²) >= 11 is 12.8. The van der Waals surface area contributed by atoms with Gasteiger partial charge in [0.25, 0.3) is 0 Å². The van der Waals surface area contributed by atoms with Gasteiger partial charge in [0, 0.05) is 42.7 Å². The SMILES string of the molecule is Cc1nc(N2CCC3(CC2)C[C@H](O)C[C@H]3N)n2ccnc2c1-c1cccc(Cl)c1Cl. The van der Waals surface area contributed by atoms with Crippen molar-refractivity contribution < 1.29 is 5.11 Å². The predicted molar refractivity (Wildman–Crippen MR) is 120 cm³/mol. The molecule has 5 rings (SSSR count). The normalized spacial score (nSPS) is 23.6. The van der Waals surface area contributed by atoms with Crippen LogP contribution in [-0.4, -0.2) is 44.7 Å². The van der Waals surface area contributed by atoms with Gasteiger partial charge in [0.05, 0.1) is 21.8 Å². The van der Waals surface area contributed by atoms with Crippen LogP contribution in [-0.2, 0) is 0 Å². The summed E-state index contributed by atoms with van der Waals surface area (Å²) in [5.41, 5.74) is 9.85. The topological polar surface area (TPSA) is 79.7 Å². The van der Waals surface area contributed by atoms with E-state index in [0.717, 1.165) is 60.8 Å². The van der Waals surface area contributed by atoms with Gasteiger partial charge >= 0.3 is 0 Å². The van der Waals surface area contributed by atoms with Crippen molar-refractivity contribution in [1.82, 2.24) is 14.4 Å². The number of fused-ring (bicyclic) bond motifs is 1. The lowest BCUT2D eigenvalue weighted by Crippen LogP contribution is -2.47. The molecule has 2 aliphatic rings. The second-order valence-electron chi connectivity index (χ2n) is 8.64. The lowest BCUT2D eigenvalue weighted by atomic mass is 9.74. The third kappa shape index (κ3) is 3.09. The van der Waals surface area contributed by atoms with Crippen LogP contribution in [0, 0.1) is 12.3 Å². The van der Waals surface area contributed by atoms with E-state index in [-0.39, 0.29) is 17.6 Å². The van der Waals surface area contributed by atoms with Crippen LogP contribution >= 0.6 is 23.2 Å². The molecule has 1 spiro atoms. The highest BCUT2D eigenvalue weighted by Crippen LogP contribution is 2.46. The van der Waals surface area contributed by atoms with Gasteiger partial charge in [0.2, 0.25) is 5.95 Å². The Morgan fingerprint density at radius 1 is 1.23 bits per heavy atom. The molecule has 2 fully saturated rings. The number of anilines is 1. The van der Waals surface area contributed by atoms with E-state index in [4.69, 9.17) is 33.9 Å². The zero-order valence-electron chi connectivity index (χ0n) is 16.9. The number of rotatable bonds is 2. The standard InChI is InChI=1S/C22H25Cl2N5O/c1-13-18(15-3-2-4-16(23)19(15)24)20-26-7-10-29(20)21(27-13)28-8-5-22(6-9-28)12-14(30)11-17(22)25/h2-4,7,10,14,17,30H,5-6,8-9,11-12,25H2,1H3/t14-,17-/m1/s1. The molecular formula is C22H25Cl2N5O. The maximum atomic E-state index is 10.1. The van der Waals surface area contributed by atoms with E-state index in [1.165, 1.54) is 0 Å². The molecule has 3 aromatic rings. The number of imidazole rings is 1. The number of benzene rings is 1. The molecule has 2 atom stereocenters. The highest BCUT2D eigenvalue weighted by atomic mass is 35.5. The summed E-state index contributed by atoms with van der Waals surface area (Å²) in [6, 6.07) is 5.69. The molecule has 0 bridgehead atoms. The molecule has 3 heterocycles. The highest BCUT2D eigenvalue weighted by Gasteiger charge is 2.46. The lowest BCUT2D eigenvalue weighted by Gasteiger charge is -2.42. The molecule has 6 nitrogen and oxygen atoms in total. The van der Waals surface area contributed by atoms with Gasteiger partial charge in [-0.05, 0) is 44.1 Å². The Morgan fingerprint density at radius 2 is 2.00 bits per heavy atom. The number of nitrogens with zero attached hydrogens (tertiary/aromatic N) is 4. The molecule has 1 aromatic carbocycles. The second-order valence-corrected chi connectivity index (χ2v) is 9.43. The van der Waals surface area contributed by atoms with Crippen LogP contribution in [0.4, 0.5) is 5.95 Å². The molecule has 158 valence electrons. The molecule has 0 radical (unpaired) electrons. The van der Waals surface area contributed by atoms with Crippen molar-refractivity contribution in [1.29, 1.82) is 0 Å². The van der Waals surface area contributed by atoms with E-state index in [0.29, 0.717) is 16.5 Å². The zero-order valence-corrected chi connectivity index (χ0v) is 18.4. The van der Waals surface area contributed by atoms with E-state index >= 15 is 0 Å². The van der Waals surface area contributed by atoms with Gasteiger partial charge in [-0.1, -0.05) is 35.3 Å². The van der Waals surface area contributed by atoms with Crippen molar-refractivity contribution in [2.45, 2.75) is 44.8 Å². The molecule has 2 aromatic heterocycles. The molecule has 1 saturated carbocycles. The van der Waals surface area contributed by atoms with Crippen LogP contribution < -0.4 is 10.6 Å². The Morgan fingerprint density at radius 3 is 2.70 bits per heavy atom. The Labute approximate surface area is 185 Å². The summed E-state index contributed by atoms with van der Waals surface area (Å²) in [6.45, 7) is 3.70. The van der Waals surface area contributed by atoms with Crippen LogP contribution in [0.3, 0.4) is 0 Å². The quantitative estimate of drug-likeness (QED) is 0.620. The third-order valence-electron chi connectivity index (χ3n) is 6.93. The van der Waals surface area contributed by atoms with Gasteiger partial charge in [0.15, 0.2) is 0 Å².